The first-order valence-electron chi connectivity index (χ1n) is 4.12. The minimum atomic E-state index is -4.39. The lowest BCUT2D eigenvalue weighted by atomic mass is 10.1. The van der Waals surface area contributed by atoms with Crippen LogP contribution in [0, 0.1) is 17.3 Å². The molecule has 0 aromatic carbocycles. The lowest BCUT2D eigenvalue weighted by Crippen LogP contribution is -2.07. The number of alkyl halides is 3. The van der Waals surface area contributed by atoms with Gasteiger partial charge < -0.3 is 0 Å². The maximum atomic E-state index is 12.0. The van der Waals surface area contributed by atoms with E-state index < -0.39 is 11.2 Å². The first kappa shape index (κ1) is 10.9. The van der Waals surface area contributed by atoms with Crippen LogP contribution in [0.15, 0.2) is 11.1 Å². The van der Waals surface area contributed by atoms with Gasteiger partial charge in [-0.3, -0.25) is 0 Å². The van der Waals surface area contributed by atoms with Gasteiger partial charge in [0, 0.05) is 0 Å². The van der Waals surface area contributed by atoms with E-state index in [-0.39, 0.29) is 17.3 Å². The van der Waals surface area contributed by atoms with Gasteiger partial charge in [0.2, 0.25) is 0 Å². The van der Waals surface area contributed by atoms with E-state index in [1.54, 1.807) is 0 Å². The van der Waals surface area contributed by atoms with E-state index in [9.17, 15) is 13.2 Å². The molecule has 2 unspecified atom stereocenters. The van der Waals surface area contributed by atoms with Crippen LogP contribution in [0.2, 0.25) is 0 Å². The van der Waals surface area contributed by atoms with Crippen molar-refractivity contribution in [2.45, 2.75) is 26.9 Å². The lowest BCUT2D eigenvalue weighted by molar-refractivity contribution is -0.0848. The molecule has 1 aliphatic carbocycles. The minimum Gasteiger partial charge on any atom is -0.165 e. The Bertz CT molecular complexity index is 240. The molecule has 0 bridgehead atoms. The fourth-order valence-corrected chi connectivity index (χ4v) is 1.69. The second kappa shape index (κ2) is 2.91. The molecule has 1 aliphatic rings. The largest absolute Gasteiger partial charge is 0.426 e. The topological polar surface area (TPSA) is 0 Å². The molecule has 1 rings (SSSR count). The first-order valence-corrected chi connectivity index (χ1v) is 4.49. The van der Waals surface area contributed by atoms with E-state index in [2.05, 4.69) is 0 Å². The predicted octanol–water partition coefficient (Wildman–Crippen LogP) is 3.96. The van der Waals surface area contributed by atoms with E-state index in [1.165, 1.54) is 0 Å². The quantitative estimate of drug-likeness (QED) is 0.617. The van der Waals surface area contributed by atoms with Crippen LogP contribution in [-0.4, -0.2) is 6.18 Å². The molecule has 0 nitrogen and oxygen atoms in total. The lowest BCUT2D eigenvalue weighted by Gasteiger charge is -2.04. The highest BCUT2D eigenvalue weighted by Crippen LogP contribution is 2.59. The van der Waals surface area contributed by atoms with Crippen LogP contribution in [0.3, 0.4) is 0 Å². The van der Waals surface area contributed by atoms with Crippen molar-refractivity contribution in [3.63, 3.8) is 0 Å². The Labute approximate surface area is 80.8 Å². The van der Waals surface area contributed by atoms with Crippen molar-refractivity contribution in [1.82, 2.24) is 0 Å². The van der Waals surface area contributed by atoms with Gasteiger partial charge in [0.15, 0.2) is 0 Å². The van der Waals surface area contributed by atoms with Gasteiger partial charge in [0.1, 0.15) is 5.03 Å². The number of rotatable bonds is 1. The summed E-state index contributed by atoms with van der Waals surface area (Å²) in [7, 11) is 0. The smallest absolute Gasteiger partial charge is 0.165 e. The molecule has 0 aliphatic heterocycles. The first-order chi connectivity index (χ1) is 5.67. The van der Waals surface area contributed by atoms with Crippen LogP contribution >= 0.6 is 11.6 Å². The molecule has 0 aromatic heterocycles. The molecule has 0 N–H and O–H groups in total. The Morgan fingerprint density at radius 2 is 1.77 bits per heavy atom. The molecule has 0 spiro atoms. The summed E-state index contributed by atoms with van der Waals surface area (Å²) in [4.78, 5) is 0. The average Bonchev–Trinajstić information content (AvgIpc) is 2.36. The summed E-state index contributed by atoms with van der Waals surface area (Å²) in [5.41, 5.74) is -0.0363. The van der Waals surface area contributed by atoms with E-state index in [0.717, 1.165) is 6.08 Å². The predicted molar refractivity (Wildman–Crippen MR) is 46.4 cm³/mol. The van der Waals surface area contributed by atoms with Crippen LogP contribution in [-0.2, 0) is 0 Å². The second-order valence-corrected chi connectivity index (χ2v) is 4.56. The molecule has 0 heterocycles. The third-order valence-corrected chi connectivity index (χ3v) is 3.40. The zero-order valence-electron chi connectivity index (χ0n) is 7.74. The van der Waals surface area contributed by atoms with Crippen LogP contribution < -0.4 is 0 Å². The second-order valence-electron chi connectivity index (χ2n) is 4.15. The Hall–Kier alpha value is -0.180. The van der Waals surface area contributed by atoms with Crippen molar-refractivity contribution in [1.29, 1.82) is 0 Å². The van der Waals surface area contributed by atoms with E-state index >= 15 is 0 Å². The molecular weight excluding hydrogens is 201 g/mol. The van der Waals surface area contributed by atoms with Crippen LogP contribution in [0.5, 0.6) is 0 Å². The molecule has 0 saturated heterocycles. The van der Waals surface area contributed by atoms with Gasteiger partial charge in [0.25, 0.3) is 0 Å². The van der Waals surface area contributed by atoms with Gasteiger partial charge >= 0.3 is 6.18 Å². The monoisotopic (exact) mass is 212 g/mol. The molecule has 0 radical (unpaired) electrons. The highest BCUT2D eigenvalue weighted by molar-refractivity contribution is 6.30. The highest BCUT2D eigenvalue weighted by Gasteiger charge is 2.54. The molecule has 76 valence electrons. The summed E-state index contributed by atoms with van der Waals surface area (Å²) in [6, 6.07) is 0. The zero-order valence-corrected chi connectivity index (χ0v) is 8.50. The highest BCUT2D eigenvalue weighted by atomic mass is 35.5. The van der Waals surface area contributed by atoms with Gasteiger partial charge in [-0.25, -0.2) is 0 Å². The maximum absolute atomic E-state index is 12.0. The Morgan fingerprint density at radius 1 is 1.38 bits per heavy atom. The molecular formula is C9H12ClF3. The molecule has 0 amide bonds. The van der Waals surface area contributed by atoms with Gasteiger partial charge in [-0.1, -0.05) is 38.4 Å². The SMILES string of the molecule is CC1C(/C=C(/Cl)C(F)(F)F)C1(C)C. The Balaban J connectivity index is 2.70. The van der Waals surface area contributed by atoms with Crippen molar-refractivity contribution in [2.75, 3.05) is 0 Å². The van der Waals surface area contributed by atoms with E-state index in [1.807, 2.05) is 20.8 Å². The molecule has 13 heavy (non-hydrogen) atoms. The summed E-state index contributed by atoms with van der Waals surface area (Å²) < 4.78 is 36.0. The average molecular weight is 213 g/mol. The molecule has 1 saturated carbocycles. The Morgan fingerprint density at radius 3 is 2.00 bits per heavy atom. The third kappa shape index (κ3) is 2.01. The molecule has 2 atom stereocenters. The third-order valence-electron chi connectivity index (χ3n) is 3.06. The number of halogens is 4. The van der Waals surface area contributed by atoms with Crippen LogP contribution in [0.25, 0.3) is 0 Å². The number of hydrogen-bond acceptors (Lipinski definition) is 0. The summed E-state index contributed by atoms with van der Waals surface area (Å²) in [6.07, 6.45) is -3.26. The van der Waals surface area contributed by atoms with Crippen molar-refractivity contribution < 1.29 is 13.2 Å². The van der Waals surface area contributed by atoms with Crippen molar-refractivity contribution in [3.05, 3.63) is 11.1 Å². The summed E-state index contributed by atoms with van der Waals surface area (Å²) in [5.74, 6) is 0.241. The van der Waals surface area contributed by atoms with Crippen LogP contribution in [0.1, 0.15) is 20.8 Å². The van der Waals surface area contributed by atoms with Crippen molar-refractivity contribution >= 4 is 11.6 Å². The minimum absolute atomic E-state index is 0.0363. The number of allylic oxidation sites excluding steroid dienone is 2. The summed E-state index contributed by atoms with van der Waals surface area (Å²) in [5, 5.41) is -0.991. The molecule has 1 fully saturated rings. The van der Waals surface area contributed by atoms with Gasteiger partial charge in [0.05, 0.1) is 0 Å². The standard InChI is InChI=1S/C9H12ClF3/c1-5-6(8(5,2)3)4-7(10)9(11,12)13/h4-6H,1-3H3/b7-4+. The number of hydrogen-bond donors (Lipinski definition) is 0. The van der Waals surface area contributed by atoms with Gasteiger partial charge in [-0.15, -0.1) is 0 Å². The Kier molecular flexibility index (Phi) is 2.44. The van der Waals surface area contributed by atoms with Crippen LogP contribution in [0.4, 0.5) is 13.2 Å². The zero-order chi connectivity index (χ0) is 10.4. The van der Waals surface area contributed by atoms with Gasteiger partial charge in [-0.2, -0.15) is 13.2 Å². The van der Waals surface area contributed by atoms with Crippen molar-refractivity contribution in [2.24, 2.45) is 17.3 Å². The molecule has 4 heteroatoms. The van der Waals surface area contributed by atoms with Crippen molar-refractivity contribution in [3.8, 4) is 0 Å². The van der Waals surface area contributed by atoms with E-state index in [0.29, 0.717) is 0 Å². The summed E-state index contributed by atoms with van der Waals surface area (Å²) >= 11 is 5.12. The fraction of sp³-hybridized carbons (Fsp3) is 0.778. The molecule has 0 aromatic rings. The summed E-state index contributed by atoms with van der Waals surface area (Å²) in [6.45, 7) is 5.82. The fourth-order valence-electron chi connectivity index (χ4n) is 1.55. The van der Waals surface area contributed by atoms with E-state index in [4.69, 9.17) is 11.6 Å². The van der Waals surface area contributed by atoms with Gasteiger partial charge in [-0.05, 0) is 17.3 Å². The normalized spacial score (nSPS) is 33.3. The maximum Gasteiger partial charge on any atom is 0.426 e.